The molecule has 5 heteroatoms. The molecule has 0 rings (SSSR count). The van der Waals surface area contributed by atoms with E-state index in [0.29, 0.717) is 11.9 Å². The quantitative estimate of drug-likeness (QED) is 0.534. The Morgan fingerprint density at radius 1 is 1.44 bits per heavy atom. The van der Waals surface area contributed by atoms with Gasteiger partial charge in [-0.1, -0.05) is 13.8 Å². The van der Waals surface area contributed by atoms with E-state index in [9.17, 15) is 4.80 Å². The summed E-state index contributed by atoms with van der Waals surface area (Å²) in [4.78, 5) is 10.1. The van der Waals surface area contributed by atoms with Crippen LogP contribution in [-0.2, 0) is 0 Å². The predicted octanol–water partition coefficient (Wildman–Crippen LogP) is 1.44. The maximum absolute atomic E-state index is 10.1. The molecule has 0 aromatic carbocycles. The zero-order valence-electron chi connectivity index (χ0n) is 11.2. The van der Waals surface area contributed by atoms with Gasteiger partial charge in [-0.25, -0.2) is 0 Å². The molecule has 0 aromatic heterocycles. The van der Waals surface area contributed by atoms with Crippen molar-refractivity contribution in [1.29, 1.82) is 0 Å². The molecular formula is C11H27N3OSi. The number of hydrogen-bond donors (Lipinski definition) is 4. The average Bonchev–Trinajstić information content (AvgIpc) is 2.09. The van der Waals surface area contributed by atoms with Gasteiger partial charge in [0.2, 0.25) is 0 Å². The van der Waals surface area contributed by atoms with Gasteiger partial charge in [0.15, 0.2) is 8.32 Å². The molecule has 16 heavy (non-hydrogen) atoms. The first-order chi connectivity index (χ1) is 7.06. The van der Waals surface area contributed by atoms with Crippen molar-refractivity contribution in [1.82, 2.24) is 5.32 Å². The molecule has 1 unspecified atom stereocenters. The third-order valence-electron chi connectivity index (χ3n) is 3.39. The SMILES string of the molecule is CC(CCC(C)(C)[Si](C)(C)O)NC=C(N)N. The summed E-state index contributed by atoms with van der Waals surface area (Å²) in [5, 5.41) is 3.16. The molecule has 0 fully saturated rings. The van der Waals surface area contributed by atoms with E-state index in [0.717, 1.165) is 12.8 Å². The monoisotopic (exact) mass is 245 g/mol. The van der Waals surface area contributed by atoms with Crippen LogP contribution in [0.3, 0.4) is 0 Å². The zero-order valence-corrected chi connectivity index (χ0v) is 12.2. The molecule has 4 nitrogen and oxygen atoms in total. The molecule has 0 spiro atoms. The first-order valence-corrected chi connectivity index (χ1v) is 8.70. The first-order valence-electron chi connectivity index (χ1n) is 5.76. The number of nitrogens with two attached hydrogens (primary N) is 2. The van der Waals surface area contributed by atoms with Gasteiger partial charge in [0.05, 0.1) is 0 Å². The molecule has 0 heterocycles. The molecule has 0 saturated heterocycles. The van der Waals surface area contributed by atoms with Crippen LogP contribution in [0.1, 0.15) is 33.6 Å². The molecule has 0 bridgehead atoms. The highest BCUT2D eigenvalue weighted by atomic mass is 28.4. The van der Waals surface area contributed by atoms with E-state index >= 15 is 0 Å². The van der Waals surface area contributed by atoms with Gasteiger partial charge in [-0.3, -0.25) is 0 Å². The van der Waals surface area contributed by atoms with E-state index in [2.05, 4.69) is 26.1 Å². The van der Waals surface area contributed by atoms with Crippen LogP contribution >= 0.6 is 0 Å². The fourth-order valence-electron chi connectivity index (χ4n) is 1.21. The highest BCUT2D eigenvalue weighted by Crippen LogP contribution is 2.39. The zero-order chi connectivity index (χ0) is 13.0. The topological polar surface area (TPSA) is 84.3 Å². The summed E-state index contributed by atoms with van der Waals surface area (Å²) in [5.41, 5.74) is 10.7. The van der Waals surface area contributed by atoms with Crippen molar-refractivity contribution in [2.24, 2.45) is 11.5 Å². The maximum atomic E-state index is 10.1. The fraction of sp³-hybridized carbons (Fsp3) is 0.818. The summed E-state index contributed by atoms with van der Waals surface area (Å²) in [6.45, 7) is 10.3. The summed E-state index contributed by atoms with van der Waals surface area (Å²) in [6.07, 6.45) is 3.61. The second-order valence-electron chi connectivity index (χ2n) is 5.69. The minimum absolute atomic E-state index is 0.0287. The highest BCUT2D eigenvalue weighted by Gasteiger charge is 2.37. The minimum atomic E-state index is -2.09. The Kier molecular flexibility index (Phi) is 5.35. The molecule has 6 N–H and O–H groups in total. The van der Waals surface area contributed by atoms with Crippen LogP contribution in [0.4, 0.5) is 0 Å². The standard InChI is InChI=1S/C11H27N3OSi/c1-9(14-8-10(12)13)6-7-11(2,3)16(4,5)15/h8-9,14-15H,6-7,12-13H2,1-5H3. The molecule has 0 radical (unpaired) electrons. The Bertz CT molecular complexity index is 242. The summed E-state index contributed by atoms with van der Waals surface area (Å²) >= 11 is 0. The van der Waals surface area contributed by atoms with Crippen molar-refractivity contribution in [2.75, 3.05) is 0 Å². The van der Waals surface area contributed by atoms with E-state index in [1.54, 1.807) is 6.20 Å². The van der Waals surface area contributed by atoms with Gasteiger partial charge in [-0.15, -0.1) is 0 Å². The van der Waals surface area contributed by atoms with E-state index in [4.69, 9.17) is 11.5 Å². The molecule has 0 aromatic rings. The lowest BCUT2D eigenvalue weighted by atomic mass is 10.0. The Labute approximate surface area is 100 Å². The van der Waals surface area contributed by atoms with Crippen LogP contribution < -0.4 is 16.8 Å². The van der Waals surface area contributed by atoms with Crippen molar-refractivity contribution in [3.63, 3.8) is 0 Å². The van der Waals surface area contributed by atoms with Crippen molar-refractivity contribution in [2.45, 2.75) is 57.8 Å². The third kappa shape index (κ3) is 5.41. The lowest BCUT2D eigenvalue weighted by molar-refractivity contribution is 0.421. The van der Waals surface area contributed by atoms with Gasteiger partial charge in [-0.05, 0) is 37.9 Å². The van der Waals surface area contributed by atoms with Crippen molar-refractivity contribution in [3.8, 4) is 0 Å². The molecule has 0 saturated carbocycles. The van der Waals surface area contributed by atoms with Crippen LogP contribution in [0.5, 0.6) is 0 Å². The molecule has 0 aliphatic rings. The number of hydrogen-bond acceptors (Lipinski definition) is 4. The first kappa shape index (κ1) is 15.3. The van der Waals surface area contributed by atoms with Crippen molar-refractivity contribution < 1.29 is 4.80 Å². The van der Waals surface area contributed by atoms with Gasteiger partial charge >= 0.3 is 0 Å². The normalized spacial score (nSPS) is 14.4. The van der Waals surface area contributed by atoms with Crippen LogP contribution in [0.25, 0.3) is 0 Å². The summed E-state index contributed by atoms with van der Waals surface area (Å²) < 4.78 is 0. The second-order valence-corrected chi connectivity index (χ2v) is 10.2. The van der Waals surface area contributed by atoms with Gasteiger partial charge in [0.25, 0.3) is 0 Å². The van der Waals surface area contributed by atoms with Gasteiger partial charge < -0.3 is 21.6 Å². The number of rotatable bonds is 6. The Morgan fingerprint density at radius 3 is 2.31 bits per heavy atom. The van der Waals surface area contributed by atoms with Crippen LogP contribution in [0, 0.1) is 0 Å². The molecule has 0 aliphatic carbocycles. The highest BCUT2D eigenvalue weighted by molar-refractivity contribution is 6.72. The van der Waals surface area contributed by atoms with Crippen LogP contribution in [-0.4, -0.2) is 19.2 Å². The lowest BCUT2D eigenvalue weighted by Gasteiger charge is -2.35. The van der Waals surface area contributed by atoms with E-state index < -0.39 is 8.32 Å². The van der Waals surface area contributed by atoms with Gasteiger partial charge in [0.1, 0.15) is 5.82 Å². The molecular weight excluding hydrogens is 218 g/mol. The van der Waals surface area contributed by atoms with E-state index in [1.165, 1.54) is 0 Å². The van der Waals surface area contributed by atoms with Crippen molar-refractivity contribution in [3.05, 3.63) is 12.0 Å². The molecule has 0 aliphatic heterocycles. The molecule has 96 valence electrons. The fourth-order valence-corrected chi connectivity index (χ4v) is 1.96. The largest absolute Gasteiger partial charge is 0.432 e. The Balaban J connectivity index is 4.10. The Hall–Kier alpha value is -0.683. The van der Waals surface area contributed by atoms with Gasteiger partial charge in [0, 0.05) is 12.2 Å². The van der Waals surface area contributed by atoms with E-state index in [1.807, 2.05) is 13.1 Å². The molecule has 0 amide bonds. The summed E-state index contributed by atoms with van der Waals surface area (Å²) in [7, 11) is -2.09. The molecule has 1 atom stereocenters. The lowest BCUT2D eigenvalue weighted by Crippen LogP contribution is -2.39. The second kappa shape index (κ2) is 5.59. The van der Waals surface area contributed by atoms with Crippen molar-refractivity contribution >= 4 is 8.32 Å². The Morgan fingerprint density at radius 2 is 1.94 bits per heavy atom. The van der Waals surface area contributed by atoms with Crippen LogP contribution in [0.15, 0.2) is 12.0 Å². The summed E-state index contributed by atoms with van der Waals surface area (Å²) in [5.74, 6) is 0.294. The predicted molar refractivity (Wildman–Crippen MR) is 72.0 cm³/mol. The number of nitrogens with one attached hydrogen (secondary N) is 1. The summed E-state index contributed by atoms with van der Waals surface area (Å²) in [6, 6.07) is 0.317. The van der Waals surface area contributed by atoms with Crippen LogP contribution in [0.2, 0.25) is 18.1 Å². The smallest absolute Gasteiger partial charge is 0.188 e. The minimum Gasteiger partial charge on any atom is -0.432 e. The maximum Gasteiger partial charge on any atom is 0.188 e. The average molecular weight is 245 g/mol. The van der Waals surface area contributed by atoms with E-state index in [-0.39, 0.29) is 5.04 Å². The van der Waals surface area contributed by atoms with Gasteiger partial charge in [-0.2, -0.15) is 0 Å². The third-order valence-corrected chi connectivity index (χ3v) is 6.96.